The number of hydrogen-bond acceptors (Lipinski definition) is 5. The fourth-order valence-electron chi connectivity index (χ4n) is 3.96. The van der Waals surface area contributed by atoms with Crippen LogP contribution in [0, 0.1) is 0 Å². The molecular weight excluding hydrogens is 484 g/mol. The van der Waals surface area contributed by atoms with E-state index >= 15 is 0 Å². The molecule has 10 heteroatoms. The fraction of sp³-hybridized carbons (Fsp3) is 0.385. The molecule has 2 aromatic rings. The molecule has 0 aliphatic carbocycles. The summed E-state index contributed by atoms with van der Waals surface area (Å²) in [7, 11) is 3.73. The molecule has 3 amide bonds. The van der Waals surface area contributed by atoms with Crippen molar-refractivity contribution in [3.05, 3.63) is 59.1 Å². The number of hydrogen-bond donors (Lipinski definition) is 2. The normalized spacial score (nSPS) is 14.4. The van der Waals surface area contributed by atoms with Crippen molar-refractivity contribution in [2.75, 3.05) is 43.5 Å². The van der Waals surface area contributed by atoms with Gasteiger partial charge < -0.3 is 25.1 Å². The van der Waals surface area contributed by atoms with Crippen LogP contribution >= 0.6 is 11.6 Å². The van der Waals surface area contributed by atoms with E-state index in [1.54, 1.807) is 53.4 Å². The number of rotatable bonds is 10. The number of benzene rings is 2. The van der Waals surface area contributed by atoms with Crippen LogP contribution in [0.5, 0.6) is 0 Å². The van der Waals surface area contributed by atoms with Gasteiger partial charge in [0.15, 0.2) is 0 Å². The predicted octanol–water partition coefficient (Wildman–Crippen LogP) is 3.02. The van der Waals surface area contributed by atoms with Crippen LogP contribution in [0.1, 0.15) is 36.0 Å². The summed E-state index contributed by atoms with van der Waals surface area (Å²) in [5.74, 6) is -2.28. The average Bonchev–Trinajstić information content (AvgIpc) is 2.84. The van der Waals surface area contributed by atoms with Gasteiger partial charge >= 0.3 is 5.97 Å². The van der Waals surface area contributed by atoms with Gasteiger partial charge in [0.1, 0.15) is 6.04 Å². The van der Waals surface area contributed by atoms with Gasteiger partial charge in [-0.2, -0.15) is 0 Å². The Hall–Kier alpha value is -3.43. The first-order valence-corrected chi connectivity index (χ1v) is 12.2. The van der Waals surface area contributed by atoms with E-state index in [9.17, 15) is 24.3 Å². The van der Waals surface area contributed by atoms with Gasteiger partial charge in [0.25, 0.3) is 5.91 Å². The number of likely N-dealkylation sites (N-methyl/N-ethyl adjacent to an activating group) is 1. The molecule has 36 heavy (non-hydrogen) atoms. The number of carbonyl (C=O) groups excluding carboxylic acids is 3. The summed E-state index contributed by atoms with van der Waals surface area (Å²) in [6, 6.07) is 11.9. The van der Waals surface area contributed by atoms with Gasteiger partial charge in [-0.05, 0) is 75.5 Å². The molecule has 192 valence electrons. The molecule has 1 atom stereocenters. The van der Waals surface area contributed by atoms with Crippen molar-refractivity contribution in [3.63, 3.8) is 0 Å². The SMILES string of the molecule is CN(C)CCN(C(=O)[C@H](CC(=O)O)NC(=O)c1ccc(N2CCCCC2=O)cc1)c1ccc(Cl)cc1. The number of carboxylic acid groups (broad SMARTS) is 1. The van der Waals surface area contributed by atoms with Crippen LogP contribution < -0.4 is 15.1 Å². The van der Waals surface area contributed by atoms with Crippen molar-refractivity contribution in [1.82, 2.24) is 10.2 Å². The van der Waals surface area contributed by atoms with Crippen molar-refractivity contribution >= 4 is 46.7 Å². The zero-order valence-corrected chi connectivity index (χ0v) is 21.2. The molecule has 1 fully saturated rings. The Labute approximate surface area is 215 Å². The second kappa shape index (κ2) is 12.5. The molecule has 0 unspecified atom stereocenters. The maximum atomic E-state index is 13.5. The summed E-state index contributed by atoms with van der Waals surface area (Å²) < 4.78 is 0. The van der Waals surface area contributed by atoms with E-state index in [2.05, 4.69) is 5.32 Å². The molecule has 1 aliphatic rings. The van der Waals surface area contributed by atoms with Crippen LogP contribution in [0.3, 0.4) is 0 Å². The van der Waals surface area contributed by atoms with E-state index in [4.69, 9.17) is 11.6 Å². The lowest BCUT2D eigenvalue weighted by atomic mass is 10.1. The van der Waals surface area contributed by atoms with Gasteiger partial charge in [0.2, 0.25) is 11.8 Å². The van der Waals surface area contributed by atoms with Crippen LogP contribution in [0.2, 0.25) is 5.02 Å². The van der Waals surface area contributed by atoms with Gasteiger partial charge in [-0.1, -0.05) is 11.6 Å². The molecule has 0 bridgehead atoms. The first kappa shape index (κ1) is 27.2. The molecule has 1 aliphatic heterocycles. The molecule has 9 nitrogen and oxygen atoms in total. The lowest BCUT2D eigenvalue weighted by Gasteiger charge is -2.29. The zero-order chi connectivity index (χ0) is 26.2. The van der Waals surface area contributed by atoms with E-state index in [-0.39, 0.29) is 18.0 Å². The van der Waals surface area contributed by atoms with Gasteiger partial charge in [-0.25, -0.2) is 0 Å². The topological polar surface area (TPSA) is 110 Å². The smallest absolute Gasteiger partial charge is 0.305 e. The van der Waals surface area contributed by atoms with Crippen LogP contribution in [0.15, 0.2) is 48.5 Å². The van der Waals surface area contributed by atoms with E-state index in [0.29, 0.717) is 35.9 Å². The van der Waals surface area contributed by atoms with E-state index < -0.39 is 30.2 Å². The third-order valence-electron chi connectivity index (χ3n) is 5.92. The molecular formula is C26H31ClN4O5. The number of carboxylic acids is 1. The number of nitrogens with zero attached hydrogens (tertiary/aromatic N) is 3. The van der Waals surface area contributed by atoms with Crippen molar-refractivity contribution in [1.29, 1.82) is 0 Å². The summed E-state index contributed by atoms with van der Waals surface area (Å²) in [5, 5.41) is 12.5. The summed E-state index contributed by atoms with van der Waals surface area (Å²) in [6.07, 6.45) is 1.72. The Morgan fingerprint density at radius 3 is 2.28 bits per heavy atom. The highest BCUT2D eigenvalue weighted by Gasteiger charge is 2.30. The van der Waals surface area contributed by atoms with Crippen molar-refractivity contribution < 1.29 is 24.3 Å². The fourth-order valence-corrected chi connectivity index (χ4v) is 4.09. The molecule has 2 aromatic carbocycles. The van der Waals surface area contributed by atoms with E-state index in [1.807, 2.05) is 19.0 Å². The zero-order valence-electron chi connectivity index (χ0n) is 20.4. The van der Waals surface area contributed by atoms with Gasteiger partial charge in [-0.15, -0.1) is 0 Å². The molecule has 3 rings (SSSR count). The highest BCUT2D eigenvalue weighted by Crippen LogP contribution is 2.22. The lowest BCUT2D eigenvalue weighted by Crippen LogP contribution is -2.51. The molecule has 0 radical (unpaired) electrons. The van der Waals surface area contributed by atoms with Crippen LogP contribution in [0.25, 0.3) is 0 Å². The quantitative estimate of drug-likeness (QED) is 0.504. The molecule has 0 saturated carbocycles. The van der Waals surface area contributed by atoms with E-state index in [0.717, 1.165) is 12.8 Å². The Bertz CT molecular complexity index is 1090. The number of nitrogens with one attached hydrogen (secondary N) is 1. The third-order valence-corrected chi connectivity index (χ3v) is 6.17. The Morgan fingerprint density at radius 1 is 1.03 bits per heavy atom. The van der Waals surface area contributed by atoms with E-state index in [1.165, 1.54) is 4.90 Å². The summed E-state index contributed by atoms with van der Waals surface area (Å²) in [4.78, 5) is 55.3. The highest BCUT2D eigenvalue weighted by molar-refractivity contribution is 6.30. The van der Waals surface area contributed by atoms with Gasteiger partial charge in [0, 0.05) is 48.0 Å². The predicted molar refractivity (Wildman–Crippen MR) is 139 cm³/mol. The van der Waals surface area contributed by atoms with Gasteiger partial charge in [-0.3, -0.25) is 19.2 Å². The summed E-state index contributed by atoms with van der Waals surface area (Å²) in [6.45, 7) is 1.45. The minimum Gasteiger partial charge on any atom is -0.481 e. The van der Waals surface area contributed by atoms with Crippen LogP contribution in [0.4, 0.5) is 11.4 Å². The molecule has 0 aromatic heterocycles. The number of piperidine rings is 1. The number of anilines is 2. The molecule has 0 spiro atoms. The third kappa shape index (κ3) is 7.29. The Kier molecular flexibility index (Phi) is 9.44. The monoisotopic (exact) mass is 514 g/mol. The number of halogens is 1. The second-order valence-corrected chi connectivity index (χ2v) is 9.38. The Balaban J connectivity index is 1.79. The molecule has 2 N–H and O–H groups in total. The number of amides is 3. The van der Waals surface area contributed by atoms with Gasteiger partial charge in [0.05, 0.1) is 6.42 Å². The molecule has 1 heterocycles. The van der Waals surface area contributed by atoms with Crippen molar-refractivity contribution in [2.24, 2.45) is 0 Å². The van der Waals surface area contributed by atoms with Crippen molar-refractivity contribution in [3.8, 4) is 0 Å². The average molecular weight is 515 g/mol. The maximum absolute atomic E-state index is 13.5. The number of aliphatic carboxylic acids is 1. The minimum absolute atomic E-state index is 0.0468. The maximum Gasteiger partial charge on any atom is 0.305 e. The largest absolute Gasteiger partial charge is 0.481 e. The second-order valence-electron chi connectivity index (χ2n) is 8.94. The summed E-state index contributed by atoms with van der Waals surface area (Å²) >= 11 is 5.99. The summed E-state index contributed by atoms with van der Waals surface area (Å²) in [5.41, 5.74) is 1.51. The first-order chi connectivity index (χ1) is 17.2. The van der Waals surface area contributed by atoms with Crippen LogP contribution in [-0.2, 0) is 14.4 Å². The van der Waals surface area contributed by atoms with Crippen LogP contribution in [-0.4, -0.2) is 73.5 Å². The van der Waals surface area contributed by atoms with Crippen molar-refractivity contribution in [2.45, 2.75) is 31.7 Å². The standard InChI is InChI=1S/C26H31ClN4O5/c1-29(2)15-16-31(21-12-8-19(27)9-13-21)26(36)22(17-24(33)34)28-25(35)18-6-10-20(11-7-18)30-14-4-3-5-23(30)32/h6-13,22H,3-5,14-17H2,1-2H3,(H,28,35)(H,33,34)/t22-/m0/s1. The lowest BCUT2D eigenvalue weighted by molar-refractivity contribution is -0.139. The first-order valence-electron chi connectivity index (χ1n) is 11.8. The number of carbonyl (C=O) groups is 4. The Morgan fingerprint density at radius 2 is 1.69 bits per heavy atom. The molecule has 1 saturated heterocycles. The highest BCUT2D eigenvalue weighted by atomic mass is 35.5. The minimum atomic E-state index is -1.28.